The van der Waals surface area contributed by atoms with Crippen molar-refractivity contribution in [1.29, 1.82) is 0 Å². The molecular weight excluding hydrogens is 168 g/mol. The molecule has 3 N–H and O–H groups in total. The van der Waals surface area contributed by atoms with Crippen molar-refractivity contribution >= 4 is 5.91 Å². The number of nitrogens with zero attached hydrogens (tertiary/aromatic N) is 1. The number of nitrogens with two attached hydrogens (primary N) is 1. The van der Waals surface area contributed by atoms with Crippen molar-refractivity contribution in [3.63, 3.8) is 0 Å². The van der Waals surface area contributed by atoms with Gasteiger partial charge < -0.3 is 15.7 Å². The summed E-state index contributed by atoms with van der Waals surface area (Å²) >= 11 is 0. The van der Waals surface area contributed by atoms with Gasteiger partial charge in [-0.15, -0.1) is 0 Å². The maximum Gasteiger partial charge on any atom is 0.242 e. The Bertz CT molecular complexity index is 184. The second-order valence-corrected chi connectivity index (χ2v) is 3.67. The monoisotopic (exact) mass is 186 g/mol. The molecule has 1 fully saturated rings. The molecule has 0 atom stereocenters. The van der Waals surface area contributed by atoms with Crippen LogP contribution in [0.15, 0.2) is 0 Å². The fourth-order valence-corrected chi connectivity index (χ4v) is 1.37. The van der Waals surface area contributed by atoms with Crippen LogP contribution in [-0.2, 0) is 4.79 Å². The molecule has 1 rings (SSSR count). The lowest BCUT2D eigenvalue weighted by Gasteiger charge is -2.24. The summed E-state index contributed by atoms with van der Waals surface area (Å²) in [6.45, 7) is 3.12. The number of rotatable bonds is 5. The standard InChI is InChI=1S/C9H18N2O2/c1-2-5-11(6-7-12)8(13)9(10)3-4-9/h12H,2-7,10H2,1H3. The summed E-state index contributed by atoms with van der Waals surface area (Å²) in [6, 6.07) is 0. The largest absolute Gasteiger partial charge is 0.395 e. The van der Waals surface area contributed by atoms with E-state index < -0.39 is 5.54 Å². The molecule has 13 heavy (non-hydrogen) atoms. The smallest absolute Gasteiger partial charge is 0.242 e. The molecule has 4 heteroatoms. The third kappa shape index (κ3) is 2.42. The third-order valence-electron chi connectivity index (χ3n) is 2.37. The minimum atomic E-state index is -0.593. The van der Waals surface area contributed by atoms with Gasteiger partial charge in [0.1, 0.15) is 0 Å². The molecular formula is C9H18N2O2. The van der Waals surface area contributed by atoms with Crippen LogP contribution in [0, 0.1) is 0 Å². The van der Waals surface area contributed by atoms with E-state index in [1.54, 1.807) is 4.90 Å². The topological polar surface area (TPSA) is 66.6 Å². The average molecular weight is 186 g/mol. The van der Waals surface area contributed by atoms with Crippen molar-refractivity contribution in [2.24, 2.45) is 5.73 Å². The maximum atomic E-state index is 11.7. The van der Waals surface area contributed by atoms with Crippen LogP contribution in [-0.4, -0.2) is 41.1 Å². The van der Waals surface area contributed by atoms with Crippen molar-refractivity contribution in [2.75, 3.05) is 19.7 Å². The Labute approximate surface area is 78.7 Å². The summed E-state index contributed by atoms with van der Waals surface area (Å²) in [4.78, 5) is 13.4. The van der Waals surface area contributed by atoms with E-state index in [9.17, 15) is 4.79 Å². The van der Waals surface area contributed by atoms with Crippen LogP contribution >= 0.6 is 0 Å². The van der Waals surface area contributed by atoms with Gasteiger partial charge in [0.2, 0.25) is 5.91 Å². The van der Waals surface area contributed by atoms with Crippen LogP contribution in [0.2, 0.25) is 0 Å². The van der Waals surface area contributed by atoms with Crippen LogP contribution in [0.1, 0.15) is 26.2 Å². The lowest BCUT2D eigenvalue weighted by Crippen LogP contribution is -2.47. The first-order valence-corrected chi connectivity index (χ1v) is 4.83. The summed E-state index contributed by atoms with van der Waals surface area (Å²) < 4.78 is 0. The highest BCUT2D eigenvalue weighted by atomic mass is 16.3. The predicted octanol–water partition coefficient (Wildman–Crippen LogP) is -0.291. The van der Waals surface area contributed by atoms with Gasteiger partial charge in [0.15, 0.2) is 0 Å². The van der Waals surface area contributed by atoms with Gasteiger partial charge in [-0.3, -0.25) is 4.79 Å². The van der Waals surface area contributed by atoms with Gasteiger partial charge in [0.25, 0.3) is 0 Å². The molecule has 4 nitrogen and oxygen atoms in total. The molecule has 1 saturated carbocycles. The first-order valence-electron chi connectivity index (χ1n) is 4.83. The number of hydrogen-bond donors (Lipinski definition) is 2. The van der Waals surface area contributed by atoms with Crippen LogP contribution < -0.4 is 5.73 Å². The molecule has 0 spiro atoms. The number of aliphatic hydroxyl groups is 1. The summed E-state index contributed by atoms with van der Waals surface area (Å²) in [7, 11) is 0. The third-order valence-corrected chi connectivity index (χ3v) is 2.37. The number of carbonyl (C=O) groups is 1. The molecule has 0 unspecified atom stereocenters. The van der Waals surface area contributed by atoms with Gasteiger partial charge in [-0.1, -0.05) is 6.92 Å². The Morgan fingerprint density at radius 1 is 1.54 bits per heavy atom. The molecule has 0 heterocycles. The van der Waals surface area contributed by atoms with E-state index in [-0.39, 0.29) is 12.5 Å². The van der Waals surface area contributed by atoms with Gasteiger partial charge in [-0.25, -0.2) is 0 Å². The predicted molar refractivity (Wildman–Crippen MR) is 50.1 cm³/mol. The van der Waals surface area contributed by atoms with E-state index in [0.717, 1.165) is 19.3 Å². The highest BCUT2D eigenvalue weighted by Crippen LogP contribution is 2.34. The zero-order valence-corrected chi connectivity index (χ0v) is 8.12. The molecule has 0 radical (unpaired) electrons. The Balaban J connectivity index is 2.48. The van der Waals surface area contributed by atoms with Crippen LogP contribution in [0.3, 0.4) is 0 Å². The summed E-state index contributed by atoms with van der Waals surface area (Å²) in [6.07, 6.45) is 2.48. The Morgan fingerprint density at radius 2 is 2.15 bits per heavy atom. The number of amides is 1. The molecule has 0 aliphatic heterocycles. The van der Waals surface area contributed by atoms with Crippen LogP contribution in [0.4, 0.5) is 0 Å². The molecule has 0 bridgehead atoms. The molecule has 0 aromatic heterocycles. The minimum Gasteiger partial charge on any atom is -0.395 e. The van der Waals surface area contributed by atoms with Crippen molar-refractivity contribution in [2.45, 2.75) is 31.7 Å². The highest BCUT2D eigenvalue weighted by molar-refractivity contribution is 5.89. The molecule has 1 aliphatic carbocycles. The molecule has 0 aromatic rings. The van der Waals surface area contributed by atoms with E-state index in [4.69, 9.17) is 10.8 Å². The lowest BCUT2D eigenvalue weighted by molar-refractivity contribution is -0.134. The van der Waals surface area contributed by atoms with E-state index in [2.05, 4.69) is 0 Å². The van der Waals surface area contributed by atoms with E-state index in [1.807, 2.05) is 6.92 Å². The Hall–Kier alpha value is -0.610. The van der Waals surface area contributed by atoms with E-state index in [1.165, 1.54) is 0 Å². The summed E-state index contributed by atoms with van der Waals surface area (Å²) in [5, 5.41) is 8.76. The maximum absolute atomic E-state index is 11.7. The number of aliphatic hydroxyl groups excluding tert-OH is 1. The molecule has 0 saturated heterocycles. The van der Waals surface area contributed by atoms with Crippen molar-refractivity contribution in [3.8, 4) is 0 Å². The first-order chi connectivity index (χ1) is 6.14. The second kappa shape index (κ2) is 4.07. The van der Waals surface area contributed by atoms with Crippen molar-refractivity contribution in [3.05, 3.63) is 0 Å². The second-order valence-electron chi connectivity index (χ2n) is 3.67. The van der Waals surface area contributed by atoms with Gasteiger partial charge in [-0.2, -0.15) is 0 Å². The Morgan fingerprint density at radius 3 is 2.54 bits per heavy atom. The summed E-state index contributed by atoms with van der Waals surface area (Å²) in [5.74, 6) is 0.00315. The quantitative estimate of drug-likeness (QED) is 0.620. The fraction of sp³-hybridized carbons (Fsp3) is 0.889. The molecule has 1 aliphatic rings. The molecule has 1 amide bonds. The van der Waals surface area contributed by atoms with Gasteiger partial charge in [0.05, 0.1) is 12.1 Å². The average Bonchev–Trinajstić information content (AvgIpc) is 2.84. The van der Waals surface area contributed by atoms with Crippen molar-refractivity contribution in [1.82, 2.24) is 4.90 Å². The SMILES string of the molecule is CCCN(CCO)C(=O)C1(N)CC1. The lowest BCUT2D eigenvalue weighted by atomic mass is 10.2. The van der Waals surface area contributed by atoms with Crippen LogP contribution in [0.25, 0.3) is 0 Å². The number of carbonyl (C=O) groups excluding carboxylic acids is 1. The first kappa shape index (κ1) is 10.5. The van der Waals surface area contributed by atoms with Crippen LogP contribution in [0.5, 0.6) is 0 Å². The van der Waals surface area contributed by atoms with E-state index in [0.29, 0.717) is 13.1 Å². The summed E-state index contributed by atoms with van der Waals surface area (Å²) in [5.41, 5.74) is 5.19. The van der Waals surface area contributed by atoms with Gasteiger partial charge in [0, 0.05) is 13.1 Å². The molecule has 0 aromatic carbocycles. The zero-order valence-electron chi connectivity index (χ0n) is 8.12. The minimum absolute atomic E-state index is 0.00315. The normalized spacial score (nSPS) is 18.4. The van der Waals surface area contributed by atoms with Crippen molar-refractivity contribution < 1.29 is 9.90 Å². The fourth-order valence-electron chi connectivity index (χ4n) is 1.37. The molecule has 76 valence electrons. The Kier molecular flexibility index (Phi) is 3.27. The zero-order chi connectivity index (χ0) is 9.90. The van der Waals surface area contributed by atoms with Gasteiger partial charge in [-0.05, 0) is 19.3 Å². The number of hydrogen-bond acceptors (Lipinski definition) is 3. The highest BCUT2D eigenvalue weighted by Gasteiger charge is 2.47. The van der Waals surface area contributed by atoms with E-state index >= 15 is 0 Å². The van der Waals surface area contributed by atoms with Gasteiger partial charge >= 0.3 is 0 Å².